The lowest BCUT2D eigenvalue weighted by molar-refractivity contribution is 0.0774. The fourth-order valence-corrected chi connectivity index (χ4v) is 3.29. The maximum Gasteiger partial charge on any atom is 0.00980 e. The first-order chi connectivity index (χ1) is 7.83. The van der Waals surface area contributed by atoms with Crippen molar-refractivity contribution < 1.29 is 0 Å². The third kappa shape index (κ3) is 4.08. The highest BCUT2D eigenvalue weighted by Crippen LogP contribution is 2.26. The first-order valence-corrected chi connectivity index (χ1v) is 7.59. The zero-order valence-electron chi connectivity index (χ0n) is 11.7. The van der Waals surface area contributed by atoms with Crippen molar-refractivity contribution in [2.24, 2.45) is 0 Å². The normalized spacial score (nSPS) is 22.9. The van der Waals surface area contributed by atoms with Crippen molar-refractivity contribution in [1.29, 1.82) is 0 Å². The molecule has 0 N–H and O–H groups in total. The molecule has 1 unspecified atom stereocenters. The van der Waals surface area contributed by atoms with E-state index in [9.17, 15) is 0 Å². The van der Waals surface area contributed by atoms with Crippen molar-refractivity contribution in [3.05, 3.63) is 0 Å². The Bertz CT molecular complexity index is 159. The third-order valence-electron chi connectivity index (χ3n) is 4.01. The van der Waals surface area contributed by atoms with Crippen molar-refractivity contribution in [3.8, 4) is 0 Å². The van der Waals surface area contributed by atoms with Gasteiger partial charge in [0, 0.05) is 12.1 Å². The summed E-state index contributed by atoms with van der Waals surface area (Å²) in [5.41, 5.74) is 0. The first kappa shape index (κ1) is 14.0. The first-order valence-electron chi connectivity index (χ1n) is 7.59. The molecule has 1 aliphatic heterocycles. The quantitative estimate of drug-likeness (QED) is 0.611. The summed E-state index contributed by atoms with van der Waals surface area (Å²) < 4.78 is 0. The second kappa shape index (κ2) is 8.11. The highest BCUT2D eigenvalue weighted by Gasteiger charge is 2.26. The minimum atomic E-state index is 0.881. The van der Waals surface area contributed by atoms with E-state index in [0.29, 0.717) is 0 Å². The fraction of sp³-hybridized carbons (Fsp3) is 1.00. The van der Waals surface area contributed by atoms with E-state index in [2.05, 4.69) is 25.7 Å². The van der Waals surface area contributed by atoms with Gasteiger partial charge in [0.15, 0.2) is 0 Å². The van der Waals surface area contributed by atoms with Crippen molar-refractivity contribution in [1.82, 2.24) is 4.90 Å². The van der Waals surface area contributed by atoms with Crippen molar-refractivity contribution in [3.63, 3.8) is 0 Å². The molecule has 0 aromatic carbocycles. The summed E-state index contributed by atoms with van der Waals surface area (Å²) >= 11 is 0. The van der Waals surface area contributed by atoms with Crippen LogP contribution in [0.3, 0.4) is 0 Å². The van der Waals surface area contributed by atoms with Crippen LogP contribution in [0.25, 0.3) is 0 Å². The largest absolute Gasteiger partial charge is 0.297 e. The fourth-order valence-electron chi connectivity index (χ4n) is 3.29. The van der Waals surface area contributed by atoms with Crippen LogP contribution >= 0.6 is 0 Å². The van der Waals surface area contributed by atoms with Crippen LogP contribution in [0.4, 0.5) is 0 Å². The van der Waals surface area contributed by atoms with E-state index in [0.717, 1.165) is 12.1 Å². The Morgan fingerprint density at radius 3 is 2.25 bits per heavy atom. The van der Waals surface area contributed by atoms with Gasteiger partial charge in [-0.1, -0.05) is 46.5 Å². The van der Waals surface area contributed by atoms with E-state index in [1.807, 2.05) is 0 Å². The third-order valence-corrected chi connectivity index (χ3v) is 4.01. The lowest BCUT2D eigenvalue weighted by Crippen LogP contribution is -2.46. The molecule has 0 aromatic heterocycles. The predicted molar refractivity (Wildman–Crippen MR) is 72.9 cm³/mol. The van der Waals surface area contributed by atoms with Gasteiger partial charge < -0.3 is 0 Å². The molecule has 1 rings (SSSR count). The Balaban J connectivity index is 2.54. The Labute approximate surface area is 103 Å². The number of piperidine rings is 1. The molecular weight excluding hydrogens is 194 g/mol. The summed E-state index contributed by atoms with van der Waals surface area (Å²) in [6, 6.07) is 1.79. The van der Waals surface area contributed by atoms with E-state index in [-0.39, 0.29) is 0 Å². The number of likely N-dealkylation sites (tertiary alicyclic amines) is 1. The van der Waals surface area contributed by atoms with Crippen molar-refractivity contribution >= 4 is 0 Å². The Morgan fingerprint density at radius 2 is 1.69 bits per heavy atom. The number of hydrogen-bond acceptors (Lipinski definition) is 1. The summed E-state index contributed by atoms with van der Waals surface area (Å²) in [4.78, 5) is 2.86. The molecule has 1 heterocycles. The van der Waals surface area contributed by atoms with Crippen LogP contribution in [0, 0.1) is 0 Å². The van der Waals surface area contributed by atoms with Gasteiger partial charge in [-0.3, -0.25) is 4.90 Å². The van der Waals surface area contributed by atoms with Gasteiger partial charge in [-0.05, 0) is 38.6 Å². The minimum absolute atomic E-state index is 0.881. The van der Waals surface area contributed by atoms with Gasteiger partial charge in [-0.25, -0.2) is 0 Å². The van der Waals surface area contributed by atoms with Gasteiger partial charge in [0.05, 0.1) is 0 Å². The van der Waals surface area contributed by atoms with Crippen molar-refractivity contribution in [2.45, 2.75) is 90.6 Å². The van der Waals surface area contributed by atoms with Gasteiger partial charge in [0.25, 0.3) is 0 Å². The number of nitrogens with zero attached hydrogens (tertiary/aromatic N) is 1. The average Bonchev–Trinajstić information content (AvgIpc) is 2.30. The molecule has 96 valence electrons. The van der Waals surface area contributed by atoms with E-state index in [4.69, 9.17) is 0 Å². The second-order valence-corrected chi connectivity index (χ2v) is 5.41. The SMILES string of the molecule is CCCC(CCC)N1CCCCC1CCC. The topological polar surface area (TPSA) is 3.24 Å². The Hall–Kier alpha value is -0.0400. The molecule has 1 atom stereocenters. The molecule has 1 fully saturated rings. The summed E-state index contributed by atoms with van der Waals surface area (Å²) in [7, 11) is 0. The van der Waals surface area contributed by atoms with Crippen LogP contribution < -0.4 is 0 Å². The van der Waals surface area contributed by atoms with Crippen LogP contribution in [-0.2, 0) is 0 Å². The molecule has 1 aliphatic rings. The predicted octanol–water partition coefficient (Wildman–Crippen LogP) is 4.61. The molecule has 1 heteroatoms. The molecule has 0 radical (unpaired) electrons. The summed E-state index contributed by atoms with van der Waals surface area (Å²) in [5.74, 6) is 0. The Morgan fingerprint density at radius 1 is 1.00 bits per heavy atom. The molecule has 0 amide bonds. The molecule has 0 saturated carbocycles. The van der Waals surface area contributed by atoms with Crippen LogP contribution in [0.5, 0.6) is 0 Å². The second-order valence-electron chi connectivity index (χ2n) is 5.41. The van der Waals surface area contributed by atoms with Gasteiger partial charge in [-0.2, -0.15) is 0 Å². The average molecular weight is 225 g/mol. The summed E-state index contributed by atoms with van der Waals surface area (Å²) in [6.45, 7) is 8.37. The molecule has 0 spiro atoms. The standard InChI is InChI=1S/C15H31N/c1-4-9-14(10-5-2)16-13-8-7-12-15(16)11-6-3/h14-15H,4-13H2,1-3H3. The van der Waals surface area contributed by atoms with Crippen LogP contribution in [0.15, 0.2) is 0 Å². The summed E-state index contributed by atoms with van der Waals surface area (Å²) in [6.07, 6.45) is 12.6. The molecule has 1 nitrogen and oxygen atoms in total. The number of hydrogen-bond donors (Lipinski definition) is 0. The van der Waals surface area contributed by atoms with Crippen LogP contribution in [0.2, 0.25) is 0 Å². The molecule has 0 aromatic rings. The highest BCUT2D eigenvalue weighted by atomic mass is 15.2. The van der Waals surface area contributed by atoms with E-state index >= 15 is 0 Å². The van der Waals surface area contributed by atoms with Crippen LogP contribution in [-0.4, -0.2) is 23.5 Å². The van der Waals surface area contributed by atoms with Gasteiger partial charge in [0.1, 0.15) is 0 Å². The Kier molecular flexibility index (Phi) is 7.11. The maximum absolute atomic E-state index is 2.86. The smallest absolute Gasteiger partial charge is 0.00980 e. The van der Waals surface area contributed by atoms with E-state index < -0.39 is 0 Å². The van der Waals surface area contributed by atoms with Gasteiger partial charge in [0.2, 0.25) is 0 Å². The van der Waals surface area contributed by atoms with E-state index in [1.54, 1.807) is 0 Å². The summed E-state index contributed by atoms with van der Waals surface area (Å²) in [5, 5.41) is 0. The van der Waals surface area contributed by atoms with Crippen molar-refractivity contribution in [2.75, 3.05) is 6.54 Å². The highest BCUT2D eigenvalue weighted by molar-refractivity contribution is 4.82. The zero-order chi connectivity index (χ0) is 11.8. The molecule has 16 heavy (non-hydrogen) atoms. The lowest BCUT2D eigenvalue weighted by Gasteiger charge is -2.41. The van der Waals surface area contributed by atoms with Gasteiger partial charge in [-0.15, -0.1) is 0 Å². The monoisotopic (exact) mass is 225 g/mol. The zero-order valence-corrected chi connectivity index (χ0v) is 11.7. The molecule has 0 aliphatic carbocycles. The maximum atomic E-state index is 2.86. The van der Waals surface area contributed by atoms with Gasteiger partial charge >= 0.3 is 0 Å². The molecular formula is C15H31N. The molecule has 0 bridgehead atoms. The van der Waals surface area contributed by atoms with E-state index in [1.165, 1.54) is 64.3 Å². The number of rotatable bonds is 7. The van der Waals surface area contributed by atoms with Crippen LogP contribution in [0.1, 0.15) is 78.6 Å². The lowest BCUT2D eigenvalue weighted by atomic mass is 9.93. The minimum Gasteiger partial charge on any atom is -0.297 e. The molecule has 1 saturated heterocycles.